The highest BCUT2D eigenvalue weighted by atomic mass is 35.5. The van der Waals surface area contributed by atoms with Crippen LogP contribution >= 0.6 is 11.6 Å². The molecule has 1 N–H and O–H groups in total. The Morgan fingerprint density at radius 1 is 1.15 bits per heavy atom. The van der Waals surface area contributed by atoms with Crippen LogP contribution in [0.15, 0.2) is 54.7 Å². The summed E-state index contributed by atoms with van der Waals surface area (Å²) in [5, 5.41) is 3.71. The maximum Gasteiger partial charge on any atom is 0.266 e. The Labute approximate surface area is 170 Å². The predicted molar refractivity (Wildman–Crippen MR) is 103 cm³/mol. The van der Waals surface area contributed by atoms with Gasteiger partial charge in [-0.05, 0) is 49.7 Å². The molecule has 0 atom stereocenters. The Kier molecular flexibility index (Phi) is 5.88. The first-order valence-electron chi connectivity index (χ1n) is 8.84. The molecule has 0 radical (unpaired) electrons. The van der Waals surface area contributed by atoms with Crippen LogP contribution < -0.4 is 22.3 Å². The molecule has 27 heavy (non-hydrogen) atoms. The van der Waals surface area contributed by atoms with Gasteiger partial charge in [0.2, 0.25) is 0 Å². The van der Waals surface area contributed by atoms with Crippen molar-refractivity contribution in [2.75, 3.05) is 5.32 Å². The highest BCUT2D eigenvalue weighted by Gasteiger charge is 2.29. The minimum Gasteiger partial charge on any atom is -1.00 e. The van der Waals surface area contributed by atoms with Crippen molar-refractivity contribution in [3.8, 4) is 11.3 Å². The second-order valence-corrected chi connectivity index (χ2v) is 7.17. The monoisotopic (exact) mass is 401 g/mol. The fourth-order valence-corrected chi connectivity index (χ4v) is 3.62. The van der Waals surface area contributed by atoms with Crippen molar-refractivity contribution in [3.05, 3.63) is 71.1 Å². The number of hydrogen-bond acceptors (Lipinski definition) is 1. The Bertz CT molecular complexity index is 947. The normalized spacial score (nSPS) is 12.4. The van der Waals surface area contributed by atoms with Crippen molar-refractivity contribution < 1.29 is 21.8 Å². The van der Waals surface area contributed by atoms with Crippen LogP contribution in [0.4, 0.5) is 5.69 Å². The maximum absolute atomic E-state index is 12.5. The smallest absolute Gasteiger partial charge is 0.266 e. The van der Waals surface area contributed by atoms with Crippen molar-refractivity contribution >= 4 is 23.2 Å². The minimum atomic E-state index is -0.0122. The van der Waals surface area contributed by atoms with E-state index in [2.05, 4.69) is 20.6 Å². The molecule has 1 amide bonds. The van der Waals surface area contributed by atoms with Crippen LogP contribution in [0.3, 0.4) is 0 Å². The molecule has 3 aromatic rings. The van der Waals surface area contributed by atoms with E-state index in [1.165, 1.54) is 11.4 Å². The lowest BCUT2D eigenvalue weighted by Gasteiger charge is -2.04. The van der Waals surface area contributed by atoms with Gasteiger partial charge in [-0.3, -0.25) is 4.79 Å². The number of rotatable bonds is 4. The third-order valence-corrected chi connectivity index (χ3v) is 5.04. The Balaban J connectivity index is 0.00000210. The Morgan fingerprint density at radius 2 is 1.85 bits per heavy atom. The van der Waals surface area contributed by atoms with Gasteiger partial charge in [0.05, 0.1) is 13.0 Å². The van der Waals surface area contributed by atoms with Crippen LogP contribution in [0.1, 0.15) is 17.8 Å². The number of aromatic nitrogens is 2. The number of nitrogens with zero attached hydrogens (tertiary/aromatic N) is 2. The van der Waals surface area contributed by atoms with Crippen molar-refractivity contribution in [1.82, 2.24) is 4.57 Å². The first-order valence-corrected chi connectivity index (χ1v) is 9.22. The van der Waals surface area contributed by atoms with E-state index in [4.69, 9.17) is 11.6 Å². The quantitative estimate of drug-likeness (QED) is 0.650. The van der Waals surface area contributed by atoms with Crippen LogP contribution in [0.25, 0.3) is 11.3 Å². The molecule has 1 aliphatic rings. The lowest BCUT2D eigenvalue weighted by molar-refractivity contribution is -0.690. The molecule has 1 aromatic heterocycles. The van der Waals surface area contributed by atoms with Crippen LogP contribution in [-0.2, 0) is 24.3 Å². The summed E-state index contributed by atoms with van der Waals surface area (Å²) in [6.45, 7) is 3.33. The van der Waals surface area contributed by atoms with E-state index < -0.39 is 0 Å². The molecule has 0 bridgehead atoms. The van der Waals surface area contributed by atoms with E-state index >= 15 is 0 Å². The third-order valence-electron chi connectivity index (χ3n) is 4.78. The molecule has 2 aromatic carbocycles. The topological polar surface area (TPSA) is 37.9 Å². The number of aryl methyl sites for hydroxylation is 1. The zero-order valence-electron chi connectivity index (χ0n) is 15.1. The van der Waals surface area contributed by atoms with Gasteiger partial charge in [0.15, 0.2) is 12.2 Å². The van der Waals surface area contributed by atoms with E-state index in [0.29, 0.717) is 6.54 Å². The number of nitrogens with one attached hydrogen (secondary N) is 1. The minimum absolute atomic E-state index is 0. The molecule has 0 saturated carbocycles. The molecule has 4 rings (SSSR count). The molecule has 0 unspecified atom stereocenters. The van der Waals surface area contributed by atoms with E-state index in [1.807, 2.05) is 55.5 Å². The fraction of sp³-hybridized carbons (Fsp3) is 0.238. The highest BCUT2D eigenvalue weighted by Crippen LogP contribution is 2.26. The van der Waals surface area contributed by atoms with Crippen LogP contribution in [0.5, 0.6) is 0 Å². The second-order valence-electron chi connectivity index (χ2n) is 6.73. The van der Waals surface area contributed by atoms with Crippen molar-refractivity contribution in [1.29, 1.82) is 0 Å². The number of fused-ring (bicyclic) bond motifs is 1. The fourth-order valence-electron chi connectivity index (χ4n) is 3.49. The standard InChI is InChI=1S/C21H20ClN3O.ClH/c1-15-4-10-18(11-5-15)23-20(26)14-24-13-19(25-12-2-3-21(24)25)16-6-8-17(22)9-7-16;/h4-11,13H,2-3,12,14H2,1H3;1H. The summed E-state index contributed by atoms with van der Waals surface area (Å²) < 4.78 is 4.38. The summed E-state index contributed by atoms with van der Waals surface area (Å²) >= 11 is 6.01. The maximum atomic E-state index is 12.5. The number of imidazole rings is 1. The summed E-state index contributed by atoms with van der Waals surface area (Å²) in [5.74, 6) is 1.19. The number of halogens is 2. The van der Waals surface area contributed by atoms with Gasteiger partial charge in [-0.2, -0.15) is 0 Å². The van der Waals surface area contributed by atoms with Crippen LogP contribution in [-0.4, -0.2) is 10.5 Å². The molecule has 0 spiro atoms. The van der Waals surface area contributed by atoms with Crippen LogP contribution in [0, 0.1) is 6.92 Å². The zero-order chi connectivity index (χ0) is 18.1. The molecule has 2 heterocycles. The summed E-state index contributed by atoms with van der Waals surface area (Å²) in [5.41, 5.74) is 4.26. The van der Waals surface area contributed by atoms with Gasteiger partial charge in [-0.15, -0.1) is 0 Å². The molecular weight excluding hydrogens is 381 g/mol. The van der Waals surface area contributed by atoms with E-state index in [0.717, 1.165) is 41.4 Å². The number of anilines is 1. The summed E-state index contributed by atoms with van der Waals surface area (Å²) in [7, 11) is 0. The van der Waals surface area contributed by atoms with Crippen molar-refractivity contribution in [2.45, 2.75) is 32.9 Å². The van der Waals surface area contributed by atoms with E-state index in [-0.39, 0.29) is 18.3 Å². The first-order chi connectivity index (χ1) is 12.6. The zero-order valence-corrected chi connectivity index (χ0v) is 16.6. The lowest BCUT2D eigenvalue weighted by atomic mass is 10.2. The largest absolute Gasteiger partial charge is 1.00 e. The Hall–Kier alpha value is -2.30. The first kappa shape index (κ1) is 19.5. The molecule has 0 saturated heterocycles. The molecule has 6 heteroatoms. The Morgan fingerprint density at radius 3 is 2.56 bits per heavy atom. The number of carbonyl (C=O) groups excluding carboxylic acids is 1. The summed E-state index contributed by atoms with van der Waals surface area (Å²) in [6.07, 6.45) is 4.17. The van der Waals surface area contributed by atoms with Gasteiger partial charge >= 0.3 is 0 Å². The highest BCUT2D eigenvalue weighted by molar-refractivity contribution is 6.30. The van der Waals surface area contributed by atoms with Gasteiger partial charge in [-0.1, -0.05) is 29.3 Å². The van der Waals surface area contributed by atoms with Crippen LogP contribution in [0.2, 0.25) is 5.02 Å². The van der Waals surface area contributed by atoms with E-state index in [1.54, 1.807) is 0 Å². The summed E-state index contributed by atoms with van der Waals surface area (Å²) in [6, 6.07) is 15.7. The molecule has 0 aliphatic carbocycles. The van der Waals surface area contributed by atoms with Crippen molar-refractivity contribution in [2.24, 2.45) is 0 Å². The second kappa shape index (κ2) is 8.15. The molecule has 140 valence electrons. The number of hydrogen-bond donors (Lipinski definition) is 1. The van der Waals surface area contributed by atoms with E-state index in [9.17, 15) is 4.79 Å². The van der Waals surface area contributed by atoms with Crippen molar-refractivity contribution in [3.63, 3.8) is 0 Å². The average Bonchev–Trinajstić information content (AvgIpc) is 3.22. The third kappa shape index (κ3) is 4.18. The lowest BCUT2D eigenvalue weighted by Crippen LogP contribution is -3.00. The van der Waals surface area contributed by atoms with Gasteiger partial charge in [0.1, 0.15) is 6.20 Å². The molecular formula is C21H21Cl2N3O. The molecule has 0 fully saturated rings. The van der Waals surface area contributed by atoms with Gasteiger partial charge in [0, 0.05) is 16.3 Å². The van der Waals surface area contributed by atoms with Gasteiger partial charge < -0.3 is 17.7 Å². The average molecular weight is 402 g/mol. The number of benzene rings is 2. The molecule has 4 nitrogen and oxygen atoms in total. The predicted octanol–water partition coefficient (Wildman–Crippen LogP) is 0.993. The number of carbonyl (C=O) groups is 1. The number of amides is 1. The SMILES string of the molecule is Cc1ccc(NC(=O)C[n+]2cc(-c3ccc(Cl)cc3)n3c2CCC3)cc1.[Cl-]. The summed E-state index contributed by atoms with van der Waals surface area (Å²) in [4.78, 5) is 12.5. The van der Waals surface area contributed by atoms with Gasteiger partial charge in [0.25, 0.3) is 11.7 Å². The van der Waals surface area contributed by atoms with Gasteiger partial charge in [-0.25, -0.2) is 9.13 Å². The molecule has 1 aliphatic heterocycles.